The second-order valence-corrected chi connectivity index (χ2v) is 4.24. The van der Waals surface area contributed by atoms with Gasteiger partial charge in [-0.15, -0.1) is 0 Å². The second-order valence-electron chi connectivity index (χ2n) is 4.24. The van der Waals surface area contributed by atoms with Gasteiger partial charge in [0, 0.05) is 11.8 Å². The average Bonchev–Trinajstić information content (AvgIpc) is 2.76. The van der Waals surface area contributed by atoms with Crippen molar-refractivity contribution >= 4 is 17.7 Å². The molecule has 1 heterocycles. The summed E-state index contributed by atoms with van der Waals surface area (Å²) in [6.45, 7) is 1.55. The van der Waals surface area contributed by atoms with Gasteiger partial charge in [0.2, 0.25) is 5.54 Å². The Balaban J connectivity index is 3.03. The molecule has 110 valence electrons. The number of rotatable bonds is 4. The Labute approximate surface area is 111 Å². The minimum atomic E-state index is -5.18. The molecule has 0 aromatic carbocycles. The van der Waals surface area contributed by atoms with Crippen molar-refractivity contribution in [1.29, 1.82) is 0 Å². The Kier molecular flexibility index (Phi) is 3.92. The number of Topliss-reactive ketones (excluding diaryl/α,β-unsaturated/α-hetero) is 1. The van der Waals surface area contributed by atoms with Gasteiger partial charge in [0.1, 0.15) is 5.69 Å². The molecule has 1 atom stereocenters. The van der Waals surface area contributed by atoms with Gasteiger partial charge < -0.3 is 15.4 Å². The fourth-order valence-electron chi connectivity index (χ4n) is 1.27. The maximum atomic E-state index is 12.7. The number of hydrogen-bond acceptors (Lipinski definition) is 3. The summed E-state index contributed by atoms with van der Waals surface area (Å²) in [4.78, 5) is 35.7. The van der Waals surface area contributed by atoms with E-state index in [0.29, 0.717) is 6.92 Å². The van der Waals surface area contributed by atoms with Gasteiger partial charge in [0.25, 0.3) is 5.91 Å². The molecule has 9 heteroatoms. The van der Waals surface area contributed by atoms with Crippen LogP contribution in [0.4, 0.5) is 13.2 Å². The number of halogens is 3. The van der Waals surface area contributed by atoms with Crippen molar-refractivity contribution < 1.29 is 32.7 Å². The molecule has 6 nitrogen and oxygen atoms in total. The molecule has 0 bridgehead atoms. The highest BCUT2D eigenvalue weighted by molar-refractivity contribution is 6.00. The molecule has 0 saturated carbocycles. The predicted molar refractivity (Wildman–Crippen MR) is 60.4 cm³/mol. The molecule has 0 aliphatic rings. The van der Waals surface area contributed by atoms with Crippen molar-refractivity contribution in [2.45, 2.75) is 25.6 Å². The standard InChI is InChI=1S/C11H11F3N2O4/c1-5(17)6-3-7(15-4-6)8(18)16-10(2,9(19)20)11(12,13)14/h3-4,15H,1-2H3,(H,16,18)(H,19,20). The molecule has 0 fully saturated rings. The van der Waals surface area contributed by atoms with Crippen molar-refractivity contribution in [3.63, 3.8) is 0 Å². The van der Waals surface area contributed by atoms with Gasteiger partial charge in [-0.05, 0) is 19.9 Å². The zero-order chi connectivity index (χ0) is 15.7. The van der Waals surface area contributed by atoms with Crippen molar-refractivity contribution in [3.8, 4) is 0 Å². The van der Waals surface area contributed by atoms with E-state index in [4.69, 9.17) is 5.11 Å². The number of aromatic nitrogens is 1. The Morgan fingerprint density at radius 2 is 1.85 bits per heavy atom. The highest BCUT2D eigenvalue weighted by atomic mass is 19.4. The van der Waals surface area contributed by atoms with Crippen LogP contribution in [0, 0.1) is 0 Å². The topological polar surface area (TPSA) is 99.3 Å². The van der Waals surface area contributed by atoms with Gasteiger partial charge >= 0.3 is 12.1 Å². The molecule has 20 heavy (non-hydrogen) atoms. The third-order valence-corrected chi connectivity index (χ3v) is 2.69. The van der Waals surface area contributed by atoms with Crippen LogP contribution in [0.3, 0.4) is 0 Å². The van der Waals surface area contributed by atoms with Crippen LogP contribution in [0.5, 0.6) is 0 Å². The van der Waals surface area contributed by atoms with Crippen LogP contribution in [0.2, 0.25) is 0 Å². The number of amides is 1. The molecule has 0 saturated heterocycles. The number of carboxylic acids is 1. The number of carboxylic acid groups (broad SMARTS) is 1. The lowest BCUT2D eigenvalue weighted by Crippen LogP contribution is -2.61. The first-order chi connectivity index (χ1) is 8.99. The highest BCUT2D eigenvalue weighted by Crippen LogP contribution is 2.30. The van der Waals surface area contributed by atoms with Gasteiger partial charge in [0.05, 0.1) is 0 Å². The number of nitrogens with one attached hydrogen (secondary N) is 2. The maximum Gasteiger partial charge on any atom is 0.422 e. The molecule has 0 spiro atoms. The van der Waals surface area contributed by atoms with Crippen molar-refractivity contribution in [1.82, 2.24) is 10.3 Å². The van der Waals surface area contributed by atoms with Crippen molar-refractivity contribution in [3.05, 3.63) is 23.5 Å². The summed E-state index contributed by atoms with van der Waals surface area (Å²) in [7, 11) is 0. The van der Waals surface area contributed by atoms with Gasteiger partial charge in [-0.1, -0.05) is 0 Å². The summed E-state index contributed by atoms with van der Waals surface area (Å²) in [5, 5.41) is 10.1. The summed E-state index contributed by atoms with van der Waals surface area (Å²) in [6.07, 6.45) is -4.03. The zero-order valence-corrected chi connectivity index (χ0v) is 10.5. The van der Waals surface area contributed by atoms with Crippen LogP contribution in [-0.4, -0.2) is 39.5 Å². The number of carbonyl (C=O) groups excluding carboxylic acids is 2. The van der Waals surface area contributed by atoms with E-state index in [1.54, 1.807) is 0 Å². The van der Waals surface area contributed by atoms with Gasteiger partial charge in [-0.25, -0.2) is 4.79 Å². The van der Waals surface area contributed by atoms with E-state index in [0.717, 1.165) is 12.3 Å². The second kappa shape index (κ2) is 4.99. The third kappa shape index (κ3) is 2.81. The average molecular weight is 292 g/mol. The van der Waals surface area contributed by atoms with Crippen LogP contribution in [0.25, 0.3) is 0 Å². The molecule has 1 aromatic rings. The van der Waals surface area contributed by atoms with E-state index in [1.165, 1.54) is 12.2 Å². The summed E-state index contributed by atoms with van der Waals surface area (Å²) in [5.41, 5.74) is -3.67. The first-order valence-electron chi connectivity index (χ1n) is 5.31. The quantitative estimate of drug-likeness (QED) is 0.729. The molecule has 0 aliphatic heterocycles. The SMILES string of the molecule is CC(=O)c1c[nH]c(C(=O)NC(C)(C(=O)O)C(F)(F)F)c1. The molecule has 1 aromatic heterocycles. The van der Waals surface area contributed by atoms with Crippen LogP contribution in [0.15, 0.2) is 12.3 Å². The minimum absolute atomic E-state index is 0.0965. The summed E-state index contributed by atoms with van der Waals surface area (Å²) in [5.74, 6) is -3.91. The van der Waals surface area contributed by atoms with Gasteiger partial charge in [-0.2, -0.15) is 13.2 Å². The molecule has 3 N–H and O–H groups in total. The zero-order valence-electron chi connectivity index (χ0n) is 10.5. The molecule has 1 amide bonds. The summed E-state index contributed by atoms with van der Waals surface area (Å²) < 4.78 is 38.1. The van der Waals surface area contributed by atoms with Crippen molar-refractivity contribution in [2.75, 3.05) is 0 Å². The fourth-order valence-corrected chi connectivity index (χ4v) is 1.27. The van der Waals surface area contributed by atoms with E-state index in [1.807, 2.05) is 0 Å². The van der Waals surface area contributed by atoms with Crippen molar-refractivity contribution in [2.24, 2.45) is 0 Å². The molecule has 0 aliphatic carbocycles. The summed E-state index contributed by atoms with van der Waals surface area (Å²) in [6, 6.07) is 1.04. The number of aliphatic carboxylic acids is 1. The van der Waals surface area contributed by atoms with E-state index in [-0.39, 0.29) is 11.3 Å². The monoisotopic (exact) mass is 292 g/mol. The maximum absolute atomic E-state index is 12.7. The normalized spacial score (nSPS) is 14.4. The van der Waals surface area contributed by atoms with Crippen LogP contribution < -0.4 is 5.32 Å². The summed E-state index contributed by atoms with van der Waals surface area (Å²) >= 11 is 0. The number of ketones is 1. The molecular weight excluding hydrogens is 281 g/mol. The number of hydrogen-bond donors (Lipinski definition) is 3. The first-order valence-corrected chi connectivity index (χ1v) is 5.31. The molecular formula is C11H11F3N2O4. The van der Waals surface area contributed by atoms with E-state index in [2.05, 4.69) is 4.98 Å². The fraction of sp³-hybridized carbons (Fsp3) is 0.364. The van der Waals surface area contributed by atoms with Crippen LogP contribution >= 0.6 is 0 Å². The largest absolute Gasteiger partial charge is 0.479 e. The number of carbonyl (C=O) groups is 3. The molecule has 0 radical (unpaired) electrons. The lowest BCUT2D eigenvalue weighted by Gasteiger charge is -2.28. The number of aromatic amines is 1. The predicted octanol–water partition coefficient (Wildman–Crippen LogP) is 1.35. The Morgan fingerprint density at radius 3 is 2.20 bits per heavy atom. The van der Waals surface area contributed by atoms with Gasteiger partial charge in [0.15, 0.2) is 5.78 Å². The Morgan fingerprint density at radius 1 is 1.30 bits per heavy atom. The van der Waals surface area contributed by atoms with E-state index >= 15 is 0 Å². The van der Waals surface area contributed by atoms with Crippen LogP contribution in [0.1, 0.15) is 34.7 Å². The number of alkyl halides is 3. The van der Waals surface area contributed by atoms with Gasteiger partial charge in [-0.3, -0.25) is 9.59 Å². The Bertz CT molecular complexity index is 564. The minimum Gasteiger partial charge on any atom is -0.479 e. The lowest BCUT2D eigenvalue weighted by atomic mass is 10.0. The highest BCUT2D eigenvalue weighted by Gasteiger charge is 2.58. The number of H-pyrrole nitrogens is 1. The first kappa shape index (κ1) is 15.7. The Hall–Kier alpha value is -2.32. The lowest BCUT2D eigenvalue weighted by molar-refractivity contribution is -0.203. The van der Waals surface area contributed by atoms with E-state index < -0.39 is 29.4 Å². The van der Waals surface area contributed by atoms with Crippen LogP contribution in [-0.2, 0) is 4.79 Å². The third-order valence-electron chi connectivity index (χ3n) is 2.69. The molecule has 1 rings (SSSR count). The smallest absolute Gasteiger partial charge is 0.422 e. The van der Waals surface area contributed by atoms with E-state index in [9.17, 15) is 27.6 Å². The molecule has 1 unspecified atom stereocenters.